The molecule has 0 radical (unpaired) electrons. The molecule has 2 unspecified atom stereocenters. The maximum atomic E-state index is 9.05. The molecule has 0 aliphatic carbocycles. The first-order valence-corrected chi connectivity index (χ1v) is 3.38. The molecule has 2 N–H and O–H groups in total. The highest BCUT2D eigenvalue weighted by molar-refractivity contribution is 6.21. The average Bonchev–Trinajstić information content (AvgIpc) is 1.84. The van der Waals surface area contributed by atoms with Crippen molar-refractivity contribution in [2.24, 2.45) is 0 Å². The third-order valence-corrected chi connectivity index (χ3v) is 1.85. The minimum Gasteiger partial charge on any atom is -0.394 e. The van der Waals surface area contributed by atoms with Gasteiger partial charge in [-0.1, -0.05) is 12.7 Å². The lowest BCUT2D eigenvalue weighted by Gasteiger charge is -2.19. The Hall–Kier alpha value is 0.0499. The topological polar surface area (TPSA) is 40.5 Å². The van der Waals surface area contributed by atoms with E-state index in [9.17, 15) is 0 Å². The number of hydrogen-bond donors (Lipinski definition) is 2. The van der Waals surface area contributed by atoms with Gasteiger partial charge in [-0.25, -0.2) is 0 Å². The van der Waals surface area contributed by atoms with Gasteiger partial charge in [0, 0.05) is 0 Å². The molecule has 2 nitrogen and oxygen atoms in total. The summed E-state index contributed by atoms with van der Waals surface area (Å²) in [5.74, 6) is 0.627. The van der Waals surface area contributed by atoms with Gasteiger partial charge in [0.25, 0.3) is 0 Å². The van der Waals surface area contributed by atoms with Crippen LogP contribution in [0.5, 0.6) is 0 Å². The van der Waals surface area contributed by atoms with E-state index >= 15 is 0 Å². The van der Waals surface area contributed by atoms with Crippen LogP contribution in [0.3, 0.4) is 0 Å². The molecule has 0 saturated heterocycles. The second kappa shape index (κ2) is 3.96. The van der Waals surface area contributed by atoms with Gasteiger partial charge in [0.1, 0.15) is 15.7 Å². The van der Waals surface area contributed by atoms with E-state index in [-0.39, 0.29) is 12.4 Å². The largest absolute Gasteiger partial charge is 0.394 e. The van der Waals surface area contributed by atoms with Crippen molar-refractivity contribution in [3.8, 4) is 0 Å². The van der Waals surface area contributed by atoms with Crippen LogP contribution in [0.4, 0.5) is 0 Å². The fraction of sp³-hybridized carbons (Fsp3) is 1.00. The Bertz CT molecular complexity index is 77.4. The zero-order valence-electron chi connectivity index (χ0n) is 6.33. The van der Waals surface area contributed by atoms with Crippen molar-refractivity contribution in [2.75, 3.05) is 6.61 Å². The predicted octanol–water partition coefficient (Wildman–Crippen LogP) is -1.80. The summed E-state index contributed by atoms with van der Waals surface area (Å²) in [6, 6.07) is 0. The van der Waals surface area contributed by atoms with Crippen molar-refractivity contribution in [1.82, 2.24) is 0 Å². The molecule has 4 heteroatoms. The summed E-state index contributed by atoms with van der Waals surface area (Å²) < 4.78 is 0. The zero-order valence-corrected chi connectivity index (χ0v) is 6.33. The summed E-state index contributed by atoms with van der Waals surface area (Å²) in [5, 5.41) is 17.6. The van der Waals surface area contributed by atoms with Crippen LogP contribution in [0, 0.1) is 0 Å². The summed E-state index contributed by atoms with van der Waals surface area (Å²) in [6.45, 7) is 1.91. The van der Waals surface area contributed by atoms with E-state index < -0.39 is 6.10 Å². The monoisotopic (exact) mass is 128 g/mol. The Morgan fingerprint density at radius 3 is 2.00 bits per heavy atom. The van der Waals surface area contributed by atoms with Crippen LogP contribution < -0.4 is 0 Å². The molecule has 0 spiro atoms. The molecule has 0 aromatic rings. The predicted molar refractivity (Wildman–Crippen MR) is 43.4 cm³/mol. The van der Waals surface area contributed by atoms with Gasteiger partial charge in [-0.15, -0.1) is 0 Å². The van der Waals surface area contributed by atoms with Gasteiger partial charge >= 0.3 is 0 Å². The molecule has 0 aliphatic rings. The van der Waals surface area contributed by atoms with Gasteiger partial charge < -0.3 is 10.2 Å². The fourth-order valence-corrected chi connectivity index (χ4v) is 0.611. The maximum Gasteiger partial charge on any atom is 0.108 e. The Labute approximate surface area is 58.1 Å². The second-order valence-electron chi connectivity index (χ2n) is 2.85. The zero-order chi connectivity index (χ0) is 7.44. The molecule has 0 amide bonds. The summed E-state index contributed by atoms with van der Waals surface area (Å²) in [5.41, 5.74) is 0. The normalized spacial score (nSPS) is 20.8. The van der Waals surface area contributed by atoms with E-state index in [1.54, 1.807) is 0 Å². The van der Waals surface area contributed by atoms with Crippen LogP contribution in [-0.2, 0) is 0 Å². The Balaban J connectivity index is 3.58. The third-order valence-electron chi connectivity index (χ3n) is 1.85. The van der Waals surface area contributed by atoms with Crippen LogP contribution in [-0.4, -0.2) is 38.6 Å². The number of aliphatic hydroxyl groups excluding tert-OH is 2. The lowest BCUT2D eigenvalue weighted by atomic mass is 9.65. The minimum atomic E-state index is -0.551. The van der Waals surface area contributed by atoms with Crippen LogP contribution in [0.15, 0.2) is 0 Å². The van der Waals surface area contributed by atoms with E-state index in [2.05, 4.69) is 0 Å². The first kappa shape index (κ1) is 9.05. The van der Waals surface area contributed by atoms with Crippen molar-refractivity contribution in [3.63, 3.8) is 0 Å². The molecule has 0 heterocycles. The molecular formula is C5H14B2O2. The molecule has 0 aliphatic heterocycles. The molecule has 0 saturated carbocycles. The molecular weight excluding hydrogens is 114 g/mol. The van der Waals surface area contributed by atoms with E-state index in [1.165, 1.54) is 0 Å². The van der Waals surface area contributed by atoms with Gasteiger partial charge in [-0.05, 0) is 5.82 Å². The Morgan fingerprint density at radius 2 is 1.89 bits per heavy atom. The van der Waals surface area contributed by atoms with Crippen molar-refractivity contribution >= 4 is 15.7 Å². The first-order valence-electron chi connectivity index (χ1n) is 3.38. The van der Waals surface area contributed by atoms with Crippen molar-refractivity contribution < 1.29 is 10.2 Å². The van der Waals surface area contributed by atoms with Gasteiger partial charge in [-0.3, -0.25) is 0 Å². The second-order valence-corrected chi connectivity index (χ2v) is 2.85. The molecule has 0 fully saturated rings. The third kappa shape index (κ3) is 2.92. The van der Waals surface area contributed by atoms with E-state index in [0.717, 1.165) is 0 Å². The molecule has 3 atom stereocenters. The maximum absolute atomic E-state index is 9.05. The highest BCUT2D eigenvalue weighted by atomic mass is 16.3. The fourth-order valence-electron chi connectivity index (χ4n) is 0.611. The molecule has 9 heavy (non-hydrogen) atoms. The standard InChI is InChI=1S/C5H14B2O2/c1-3(6)5(7)4(9)2-8/h3-5,8-9H,2,6-7H2,1H3/t3?,4?,5-/m0/s1. The van der Waals surface area contributed by atoms with Gasteiger partial charge in [-0.2, -0.15) is 0 Å². The quantitative estimate of drug-likeness (QED) is 0.440. The van der Waals surface area contributed by atoms with Crippen LogP contribution in [0.2, 0.25) is 11.6 Å². The van der Waals surface area contributed by atoms with Crippen molar-refractivity contribution in [1.29, 1.82) is 0 Å². The molecule has 52 valence electrons. The van der Waals surface area contributed by atoms with Crippen LogP contribution in [0.1, 0.15) is 6.92 Å². The molecule has 0 aromatic carbocycles. The Morgan fingerprint density at radius 1 is 1.44 bits per heavy atom. The summed E-state index contributed by atoms with van der Waals surface area (Å²) in [6.07, 6.45) is -0.551. The molecule has 0 bridgehead atoms. The number of aliphatic hydroxyl groups is 2. The van der Waals surface area contributed by atoms with Crippen molar-refractivity contribution in [3.05, 3.63) is 0 Å². The molecule has 0 aromatic heterocycles. The number of rotatable bonds is 3. The van der Waals surface area contributed by atoms with Crippen LogP contribution >= 0.6 is 0 Å². The number of hydrogen-bond acceptors (Lipinski definition) is 2. The minimum absolute atomic E-state index is 0.126. The Kier molecular flexibility index (Phi) is 3.98. The van der Waals surface area contributed by atoms with Gasteiger partial charge in [0.2, 0.25) is 0 Å². The summed E-state index contributed by atoms with van der Waals surface area (Å²) >= 11 is 0. The van der Waals surface area contributed by atoms with Gasteiger partial charge in [0.15, 0.2) is 0 Å². The van der Waals surface area contributed by atoms with Crippen molar-refractivity contribution in [2.45, 2.75) is 24.7 Å². The SMILES string of the molecule is BC(C)[C@H](B)C(O)CO. The highest BCUT2D eigenvalue weighted by Crippen LogP contribution is 2.19. The van der Waals surface area contributed by atoms with E-state index in [1.807, 2.05) is 22.6 Å². The summed E-state index contributed by atoms with van der Waals surface area (Å²) in [4.78, 5) is 0. The lowest BCUT2D eigenvalue weighted by molar-refractivity contribution is 0.0887. The van der Waals surface area contributed by atoms with Crippen LogP contribution in [0.25, 0.3) is 0 Å². The van der Waals surface area contributed by atoms with E-state index in [0.29, 0.717) is 5.82 Å². The van der Waals surface area contributed by atoms with Gasteiger partial charge in [0.05, 0.1) is 12.7 Å². The smallest absolute Gasteiger partial charge is 0.108 e. The highest BCUT2D eigenvalue weighted by Gasteiger charge is 2.15. The summed E-state index contributed by atoms with van der Waals surface area (Å²) in [7, 11) is 3.97. The first-order chi connectivity index (χ1) is 4.09. The van der Waals surface area contributed by atoms with E-state index in [4.69, 9.17) is 10.2 Å². The molecule has 0 rings (SSSR count). The average molecular weight is 128 g/mol. The lowest BCUT2D eigenvalue weighted by Crippen LogP contribution is -2.22.